The summed E-state index contributed by atoms with van der Waals surface area (Å²) < 4.78 is 5.92. The van der Waals surface area contributed by atoms with Crippen LogP contribution in [0, 0.1) is 13.8 Å². The number of aryl methyl sites for hydroxylation is 2. The highest BCUT2D eigenvalue weighted by atomic mass is 35.5. The molecule has 0 heterocycles. The van der Waals surface area contributed by atoms with Crippen LogP contribution in [0.3, 0.4) is 0 Å². The standard InChI is InChI=1S/C21H26ClNO2S/c1-4-19(25-20-10-9-15(2)13-16(20)3)21(24)23-11-12-26-14-17-7-5-6-8-18(17)22/h5-10,13,19H,4,11-12,14H2,1-3H3,(H,23,24)/t19-/m1/s1. The molecule has 26 heavy (non-hydrogen) atoms. The zero-order chi connectivity index (χ0) is 18.9. The van der Waals surface area contributed by atoms with E-state index in [-0.39, 0.29) is 5.91 Å². The van der Waals surface area contributed by atoms with Gasteiger partial charge in [0.25, 0.3) is 5.91 Å². The van der Waals surface area contributed by atoms with Crippen molar-refractivity contribution in [3.05, 3.63) is 64.2 Å². The van der Waals surface area contributed by atoms with Crippen molar-refractivity contribution in [2.24, 2.45) is 0 Å². The molecular formula is C21H26ClNO2S. The quantitative estimate of drug-likeness (QED) is 0.599. The number of amides is 1. The SMILES string of the molecule is CC[C@@H](Oc1ccc(C)cc1C)C(=O)NCCSCc1ccccc1Cl. The molecule has 140 valence electrons. The van der Waals surface area contributed by atoms with Gasteiger partial charge in [0, 0.05) is 23.1 Å². The first-order chi connectivity index (χ1) is 12.5. The smallest absolute Gasteiger partial charge is 0.261 e. The Hall–Kier alpha value is -1.65. The predicted octanol–water partition coefficient (Wildman–Crippen LogP) is 5.16. The van der Waals surface area contributed by atoms with Gasteiger partial charge in [-0.1, -0.05) is 54.4 Å². The highest BCUT2D eigenvalue weighted by Crippen LogP contribution is 2.21. The molecule has 5 heteroatoms. The van der Waals surface area contributed by atoms with Crippen LogP contribution < -0.4 is 10.1 Å². The molecule has 0 aliphatic carbocycles. The van der Waals surface area contributed by atoms with E-state index in [1.165, 1.54) is 5.56 Å². The molecule has 3 nitrogen and oxygen atoms in total. The Morgan fingerprint density at radius 1 is 1.23 bits per heavy atom. The number of hydrogen-bond donors (Lipinski definition) is 1. The first-order valence-electron chi connectivity index (χ1n) is 8.84. The average molecular weight is 392 g/mol. The molecule has 0 saturated carbocycles. The Kier molecular flexibility index (Phi) is 8.33. The van der Waals surface area contributed by atoms with E-state index < -0.39 is 6.10 Å². The van der Waals surface area contributed by atoms with Crippen molar-refractivity contribution in [2.45, 2.75) is 39.0 Å². The van der Waals surface area contributed by atoms with Crippen LogP contribution in [0.25, 0.3) is 0 Å². The Balaban J connectivity index is 1.75. The molecule has 1 N–H and O–H groups in total. The van der Waals surface area contributed by atoms with Crippen LogP contribution in [0.15, 0.2) is 42.5 Å². The van der Waals surface area contributed by atoms with Crippen LogP contribution in [0.5, 0.6) is 5.75 Å². The lowest BCUT2D eigenvalue weighted by Crippen LogP contribution is -2.39. The zero-order valence-electron chi connectivity index (χ0n) is 15.5. The van der Waals surface area contributed by atoms with Gasteiger partial charge < -0.3 is 10.1 Å². The maximum Gasteiger partial charge on any atom is 0.261 e. The largest absolute Gasteiger partial charge is 0.480 e. The van der Waals surface area contributed by atoms with E-state index in [0.29, 0.717) is 13.0 Å². The normalized spacial score (nSPS) is 11.8. The van der Waals surface area contributed by atoms with Gasteiger partial charge in [-0.2, -0.15) is 11.8 Å². The van der Waals surface area contributed by atoms with Gasteiger partial charge >= 0.3 is 0 Å². The van der Waals surface area contributed by atoms with Crippen molar-refractivity contribution in [1.82, 2.24) is 5.32 Å². The number of thioether (sulfide) groups is 1. The Morgan fingerprint density at radius 3 is 2.69 bits per heavy atom. The summed E-state index contributed by atoms with van der Waals surface area (Å²) in [5.41, 5.74) is 3.35. The van der Waals surface area contributed by atoms with Gasteiger partial charge in [0.2, 0.25) is 0 Å². The number of ether oxygens (including phenoxy) is 1. The van der Waals surface area contributed by atoms with Crippen LogP contribution in [0.4, 0.5) is 0 Å². The minimum Gasteiger partial charge on any atom is -0.480 e. The summed E-state index contributed by atoms with van der Waals surface area (Å²) >= 11 is 7.90. The first-order valence-corrected chi connectivity index (χ1v) is 10.4. The fraction of sp³-hybridized carbons (Fsp3) is 0.381. The lowest BCUT2D eigenvalue weighted by molar-refractivity contribution is -0.128. The van der Waals surface area contributed by atoms with Crippen LogP contribution >= 0.6 is 23.4 Å². The molecule has 1 amide bonds. The molecule has 0 radical (unpaired) electrons. The molecule has 2 rings (SSSR count). The summed E-state index contributed by atoms with van der Waals surface area (Å²) in [5, 5.41) is 3.76. The van der Waals surface area contributed by atoms with Crippen molar-refractivity contribution >= 4 is 29.3 Å². The van der Waals surface area contributed by atoms with E-state index in [9.17, 15) is 4.79 Å². The summed E-state index contributed by atoms with van der Waals surface area (Å²) in [4.78, 5) is 12.4. The summed E-state index contributed by atoms with van der Waals surface area (Å²) in [6, 6.07) is 13.8. The molecule has 0 aliphatic rings. The minimum atomic E-state index is -0.468. The van der Waals surface area contributed by atoms with Gasteiger partial charge in [-0.15, -0.1) is 0 Å². The van der Waals surface area contributed by atoms with Crippen molar-refractivity contribution in [3.63, 3.8) is 0 Å². The number of carbonyl (C=O) groups is 1. The summed E-state index contributed by atoms with van der Waals surface area (Å²) in [5.74, 6) is 2.37. The molecule has 0 unspecified atom stereocenters. The Morgan fingerprint density at radius 2 is 2.00 bits per heavy atom. The van der Waals surface area contributed by atoms with Crippen molar-refractivity contribution in [3.8, 4) is 5.75 Å². The van der Waals surface area contributed by atoms with E-state index in [0.717, 1.165) is 33.4 Å². The van der Waals surface area contributed by atoms with E-state index in [1.807, 2.05) is 57.2 Å². The number of benzene rings is 2. The molecule has 2 aromatic carbocycles. The van der Waals surface area contributed by atoms with E-state index >= 15 is 0 Å². The fourth-order valence-corrected chi connectivity index (χ4v) is 3.71. The van der Waals surface area contributed by atoms with Crippen LogP contribution in [0.1, 0.15) is 30.0 Å². The fourth-order valence-electron chi connectivity index (χ4n) is 2.56. The minimum absolute atomic E-state index is 0.0641. The van der Waals surface area contributed by atoms with Crippen LogP contribution in [0.2, 0.25) is 5.02 Å². The second-order valence-electron chi connectivity index (χ2n) is 6.22. The van der Waals surface area contributed by atoms with Gasteiger partial charge in [-0.05, 0) is 43.5 Å². The molecule has 0 spiro atoms. The van der Waals surface area contributed by atoms with Crippen molar-refractivity contribution in [2.75, 3.05) is 12.3 Å². The molecule has 1 atom stereocenters. The van der Waals surface area contributed by atoms with Gasteiger partial charge in [0.15, 0.2) is 6.10 Å². The molecule has 2 aromatic rings. The second-order valence-corrected chi connectivity index (χ2v) is 7.73. The third kappa shape index (κ3) is 6.26. The second kappa shape index (κ2) is 10.5. The Labute approximate surface area is 165 Å². The van der Waals surface area contributed by atoms with E-state index in [2.05, 4.69) is 11.4 Å². The molecule has 0 bridgehead atoms. The lowest BCUT2D eigenvalue weighted by atomic mass is 10.1. The van der Waals surface area contributed by atoms with Crippen molar-refractivity contribution < 1.29 is 9.53 Å². The number of hydrogen-bond acceptors (Lipinski definition) is 3. The highest BCUT2D eigenvalue weighted by molar-refractivity contribution is 7.98. The van der Waals surface area contributed by atoms with Crippen molar-refractivity contribution in [1.29, 1.82) is 0 Å². The number of carbonyl (C=O) groups excluding carboxylic acids is 1. The van der Waals surface area contributed by atoms with E-state index in [4.69, 9.17) is 16.3 Å². The molecular weight excluding hydrogens is 366 g/mol. The highest BCUT2D eigenvalue weighted by Gasteiger charge is 2.18. The number of nitrogens with one attached hydrogen (secondary N) is 1. The van der Waals surface area contributed by atoms with Gasteiger partial charge in [-0.25, -0.2) is 0 Å². The monoisotopic (exact) mass is 391 g/mol. The summed E-state index contributed by atoms with van der Waals surface area (Å²) in [6.45, 7) is 6.61. The molecule has 0 fully saturated rings. The maximum absolute atomic E-state index is 12.4. The molecule has 0 aromatic heterocycles. The number of rotatable bonds is 9. The average Bonchev–Trinajstić information content (AvgIpc) is 2.62. The zero-order valence-corrected chi connectivity index (χ0v) is 17.1. The van der Waals surface area contributed by atoms with E-state index in [1.54, 1.807) is 11.8 Å². The first kappa shape index (κ1) is 20.7. The third-order valence-corrected chi connectivity index (χ3v) is 5.40. The van der Waals surface area contributed by atoms with Gasteiger partial charge in [0.1, 0.15) is 5.75 Å². The topological polar surface area (TPSA) is 38.3 Å². The summed E-state index contributed by atoms with van der Waals surface area (Å²) in [7, 11) is 0. The summed E-state index contributed by atoms with van der Waals surface area (Å²) in [6.07, 6.45) is 0.163. The maximum atomic E-state index is 12.4. The lowest BCUT2D eigenvalue weighted by Gasteiger charge is -2.19. The molecule has 0 aliphatic heterocycles. The number of halogens is 1. The Bertz CT molecular complexity index is 736. The third-order valence-electron chi connectivity index (χ3n) is 4.02. The molecule has 0 saturated heterocycles. The van der Waals surface area contributed by atoms with Crippen LogP contribution in [-0.4, -0.2) is 24.3 Å². The van der Waals surface area contributed by atoms with Gasteiger partial charge in [-0.3, -0.25) is 4.79 Å². The van der Waals surface area contributed by atoms with Crippen LogP contribution in [-0.2, 0) is 10.5 Å². The predicted molar refractivity (Wildman–Crippen MR) is 111 cm³/mol. The van der Waals surface area contributed by atoms with Gasteiger partial charge in [0.05, 0.1) is 0 Å².